The largest absolute Gasteiger partial charge is 0.325 e. The second kappa shape index (κ2) is 4.98. The van der Waals surface area contributed by atoms with Crippen molar-refractivity contribution in [2.45, 2.75) is 17.9 Å². The standard InChI is InChI=1S/C11H13N3O4S/c1-7-4-2-3-5-9(7)19(17,18)12-6-8-10(15)14-11(16)13-8/h2-5,8,12H,6H2,1H3,(H2,13,14,15,16). The zero-order valence-corrected chi connectivity index (χ0v) is 11.0. The Morgan fingerprint density at radius 3 is 2.53 bits per heavy atom. The molecular formula is C11H13N3O4S. The second-order valence-corrected chi connectivity index (χ2v) is 5.87. The van der Waals surface area contributed by atoms with Crippen molar-refractivity contribution in [3.05, 3.63) is 29.8 Å². The maximum atomic E-state index is 12.0. The highest BCUT2D eigenvalue weighted by molar-refractivity contribution is 7.89. The Kier molecular flexibility index (Phi) is 3.54. The van der Waals surface area contributed by atoms with Crippen LogP contribution < -0.4 is 15.4 Å². The van der Waals surface area contributed by atoms with Gasteiger partial charge in [-0.25, -0.2) is 17.9 Å². The lowest BCUT2D eigenvalue weighted by atomic mass is 10.2. The number of benzene rings is 1. The lowest BCUT2D eigenvalue weighted by Crippen LogP contribution is -2.41. The Labute approximate surface area is 110 Å². The average molecular weight is 283 g/mol. The number of urea groups is 1. The van der Waals surface area contributed by atoms with E-state index in [1.54, 1.807) is 25.1 Å². The van der Waals surface area contributed by atoms with Crippen molar-refractivity contribution < 1.29 is 18.0 Å². The fourth-order valence-corrected chi connectivity index (χ4v) is 3.02. The first-order chi connectivity index (χ1) is 8.90. The summed E-state index contributed by atoms with van der Waals surface area (Å²) in [5.41, 5.74) is 0.606. The van der Waals surface area contributed by atoms with Gasteiger partial charge in [0.25, 0.3) is 5.91 Å². The molecule has 0 aliphatic carbocycles. The van der Waals surface area contributed by atoms with Crippen LogP contribution in [0.4, 0.5) is 4.79 Å². The van der Waals surface area contributed by atoms with Crippen LogP contribution in [0.1, 0.15) is 5.56 Å². The average Bonchev–Trinajstić information content (AvgIpc) is 2.66. The third-order valence-corrected chi connectivity index (χ3v) is 4.30. The van der Waals surface area contributed by atoms with Crippen LogP contribution in [0.2, 0.25) is 0 Å². The van der Waals surface area contributed by atoms with Gasteiger partial charge in [0.05, 0.1) is 4.90 Å². The number of rotatable bonds is 4. The third-order valence-electron chi connectivity index (χ3n) is 2.72. The fourth-order valence-electron chi connectivity index (χ4n) is 1.73. The summed E-state index contributed by atoms with van der Waals surface area (Å²) in [5.74, 6) is -0.544. The lowest BCUT2D eigenvalue weighted by molar-refractivity contribution is -0.120. The maximum Gasteiger partial charge on any atom is 0.322 e. The summed E-state index contributed by atoms with van der Waals surface area (Å²) >= 11 is 0. The van der Waals surface area contributed by atoms with E-state index in [1.165, 1.54) is 6.07 Å². The molecule has 1 atom stereocenters. The fraction of sp³-hybridized carbons (Fsp3) is 0.273. The monoisotopic (exact) mass is 283 g/mol. The van der Waals surface area contributed by atoms with Crippen LogP contribution in [0.3, 0.4) is 0 Å². The summed E-state index contributed by atoms with van der Waals surface area (Å²) in [6, 6.07) is 5.00. The van der Waals surface area contributed by atoms with Gasteiger partial charge in [-0.1, -0.05) is 18.2 Å². The van der Waals surface area contributed by atoms with Gasteiger partial charge < -0.3 is 5.32 Å². The number of carbonyl (C=O) groups is 2. The van der Waals surface area contributed by atoms with Crippen molar-refractivity contribution in [3.63, 3.8) is 0 Å². The van der Waals surface area contributed by atoms with E-state index in [0.29, 0.717) is 5.56 Å². The number of amides is 3. The van der Waals surface area contributed by atoms with Crippen molar-refractivity contribution >= 4 is 22.0 Å². The summed E-state index contributed by atoms with van der Waals surface area (Å²) in [5, 5.41) is 4.35. The molecule has 1 aliphatic heterocycles. The Hall–Kier alpha value is -1.93. The topological polar surface area (TPSA) is 104 Å². The van der Waals surface area contributed by atoms with E-state index in [0.717, 1.165) is 0 Å². The van der Waals surface area contributed by atoms with Crippen molar-refractivity contribution in [3.8, 4) is 0 Å². The Balaban J connectivity index is 2.09. The molecule has 3 N–H and O–H groups in total. The highest BCUT2D eigenvalue weighted by Crippen LogP contribution is 2.13. The molecule has 0 radical (unpaired) electrons. The Morgan fingerprint density at radius 2 is 1.95 bits per heavy atom. The molecule has 7 nitrogen and oxygen atoms in total. The molecule has 1 unspecified atom stereocenters. The van der Waals surface area contributed by atoms with Gasteiger partial charge in [0.1, 0.15) is 6.04 Å². The quantitative estimate of drug-likeness (QED) is 0.647. The van der Waals surface area contributed by atoms with Crippen molar-refractivity contribution in [1.29, 1.82) is 0 Å². The first kappa shape index (κ1) is 13.5. The molecule has 0 aromatic heterocycles. The van der Waals surface area contributed by atoms with E-state index in [9.17, 15) is 18.0 Å². The van der Waals surface area contributed by atoms with Crippen LogP contribution >= 0.6 is 0 Å². The molecule has 1 heterocycles. The molecule has 2 rings (SSSR count). The lowest BCUT2D eigenvalue weighted by Gasteiger charge is -2.11. The van der Waals surface area contributed by atoms with Crippen LogP contribution in [-0.2, 0) is 14.8 Å². The number of aryl methyl sites for hydroxylation is 1. The molecule has 0 spiro atoms. The van der Waals surface area contributed by atoms with Gasteiger partial charge in [-0.15, -0.1) is 0 Å². The van der Waals surface area contributed by atoms with E-state index in [4.69, 9.17) is 0 Å². The number of nitrogens with one attached hydrogen (secondary N) is 3. The molecule has 8 heteroatoms. The van der Waals surface area contributed by atoms with E-state index in [1.807, 2.05) is 5.32 Å². The van der Waals surface area contributed by atoms with Gasteiger partial charge in [-0.2, -0.15) is 0 Å². The van der Waals surface area contributed by atoms with Gasteiger partial charge in [0, 0.05) is 6.54 Å². The number of imide groups is 1. The number of hydrogen-bond donors (Lipinski definition) is 3. The van der Waals surface area contributed by atoms with E-state index < -0.39 is 28.0 Å². The normalized spacial score (nSPS) is 19.1. The summed E-state index contributed by atoms with van der Waals surface area (Å²) in [6.07, 6.45) is 0. The van der Waals surface area contributed by atoms with Crippen molar-refractivity contribution in [1.82, 2.24) is 15.4 Å². The molecule has 1 aromatic rings. The zero-order valence-electron chi connectivity index (χ0n) is 10.1. The Morgan fingerprint density at radius 1 is 1.26 bits per heavy atom. The van der Waals surface area contributed by atoms with Gasteiger partial charge in [0.2, 0.25) is 10.0 Å². The minimum Gasteiger partial charge on any atom is -0.325 e. The minimum absolute atomic E-state index is 0.153. The van der Waals surface area contributed by atoms with Crippen LogP contribution in [0.25, 0.3) is 0 Å². The first-order valence-corrected chi connectivity index (χ1v) is 7.05. The smallest absolute Gasteiger partial charge is 0.322 e. The highest BCUT2D eigenvalue weighted by Gasteiger charge is 2.30. The molecule has 0 bridgehead atoms. The van der Waals surface area contributed by atoms with E-state index in [2.05, 4.69) is 10.0 Å². The summed E-state index contributed by atoms with van der Waals surface area (Å²) in [7, 11) is -3.70. The summed E-state index contributed by atoms with van der Waals surface area (Å²) < 4.78 is 26.4. The molecule has 0 saturated carbocycles. The van der Waals surface area contributed by atoms with Crippen LogP contribution in [-0.4, -0.2) is 32.9 Å². The SMILES string of the molecule is Cc1ccccc1S(=O)(=O)NCC1NC(=O)NC1=O. The van der Waals surface area contributed by atoms with Crippen LogP contribution in [0.5, 0.6) is 0 Å². The second-order valence-electron chi connectivity index (χ2n) is 4.13. The maximum absolute atomic E-state index is 12.0. The highest BCUT2D eigenvalue weighted by atomic mass is 32.2. The number of sulfonamides is 1. The van der Waals surface area contributed by atoms with Gasteiger partial charge in [0.15, 0.2) is 0 Å². The van der Waals surface area contributed by atoms with Crippen LogP contribution in [0, 0.1) is 6.92 Å². The van der Waals surface area contributed by atoms with Crippen LogP contribution in [0.15, 0.2) is 29.2 Å². The van der Waals surface area contributed by atoms with Gasteiger partial charge in [-0.05, 0) is 18.6 Å². The molecular weight excluding hydrogens is 270 g/mol. The van der Waals surface area contributed by atoms with Crippen molar-refractivity contribution in [2.24, 2.45) is 0 Å². The first-order valence-electron chi connectivity index (χ1n) is 5.57. The summed E-state index contributed by atoms with van der Waals surface area (Å²) in [4.78, 5) is 22.3. The predicted molar refractivity (Wildman–Crippen MR) is 66.8 cm³/mol. The van der Waals surface area contributed by atoms with E-state index in [-0.39, 0.29) is 11.4 Å². The van der Waals surface area contributed by atoms with E-state index >= 15 is 0 Å². The molecule has 1 saturated heterocycles. The third kappa shape index (κ3) is 2.91. The van der Waals surface area contributed by atoms with Gasteiger partial charge >= 0.3 is 6.03 Å². The predicted octanol–water partition coefficient (Wildman–Crippen LogP) is -0.519. The Bertz CT molecular complexity index is 627. The minimum atomic E-state index is -3.70. The number of carbonyl (C=O) groups excluding carboxylic acids is 2. The number of hydrogen-bond acceptors (Lipinski definition) is 4. The summed E-state index contributed by atoms with van der Waals surface area (Å²) in [6.45, 7) is 1.49. The molecule has 19 heavy (non-hydrogen) atoms. The van der Waals surface area contributed by atoms with Crippen molar-refractivity contribution in [2.75, 3.05) is 6.54 Å². The molecule has 1 aromatic carbocycles. The molecule has 102 valence electrons. The molecule has 1 fully saturated rings. The molecule has 1 aliphatic rings. The van der Waals surface area contributed by atoms with Gasteiger partial charge in [-0.3, -0.25) is 10.1 Å². The zero-order chi connectivity index (χ0) is 14.0. The molecule has 3 amide bonds.